The second-order valence-corrected chi connectivity index (χ2v) is 4.22. The van der Waals surface area contributed by atoms with Gasteiger partial charge >= 0.3 is 0 Å². The van der Waals surface area contributed by atoms with Gasteiger partial charge in [0.15, 0.2) is 0 Å². The Balaban J connectivity index is 2.70. The van der Waals surface area contributed by atoms with Crippen LogP contribution in [0.4, 0.5) is 5.82 Å². The van der Waals surface area contributed by atoms with E-state index in [0.29, 0.717) is 0 Å². The number of hydrogen-bond donors (Lipinski definition) is 1. The average molecular weight is 182 g/mol. The van der Waals surface area contributed by atoms with Gasteiger partial charge in [0.2, 0.25) is 0 Å². The molecule has 1 N–H and O–H groups in total. The van der Waals surface area contributed by atoms with E-state index in [4.69, 9.17) is 0 Å². The molecule has 0 amide bonds. The highest BCUT2D eigenvalue weighted by Gasteiger charge is 2.12. The van der Waals surface area contributed by atoms with Crippen LogP contribution in [0.25, 0.3) is 0 Å². The number of nitrogens with zero attached hydrogens (tertiary/aromatic N) is 3. The molecular formula is C9H18N4. The van der Waals surface area contributed by atoms with Crippen LogP contribution in [0.1, 0.15) is 34.1 Å². The van der Waals surface area contributed by atoms with E-state index in [1.54, 1.807) is 6.20 Å². The summed E-state index contributed by atoms with van der Waals surface area (Å²) in [6, 6.07) is 0. The van der Waals surface area contributed by atoms with Gasteiger partial charge in [-0.3, -0.25) is 0 Å². The minimum Gasteiger partial charge on any atom is -0.364 e. The van der Waals surface area contributed by atoms with Gasteiger partial charge in [0.05, 0.1) is 6.20 Å². The topological polar surface area (TPSA) is 42.7 Å². The van der Waals surface area contributed by atoms with Gasteiger partial charge in [-0.15, -0.1) is 5.10 Å². The molecule has 0 aliphatic heterocycles. The smallest absolute Gasteiger partial charge is 0.145 e. The molecule has 1 rings (SSSR count). The van der Waals surface area contributed by atoms with Gasteiger partial charge < -0.3 is 5.32 Å². The molecule has 0 saturated heterocycles. The first kappa shape index (κ1) is 10.0. The fourth-order valence-corrected chi connectivity index (χ4v) is 1.12. The summed E-state index contributed by atoms with van der Waals surface area (Å²) in [7, 11) is 0. The van der Waals surface area contributed by atoms with Crippen LogP contribution in [0.15, 0.2) is 6.20 Å². The van der Waals surface area contributed by atoms with Gasteiger partial charge in [0.1, 0.15) is 5.82 Å². The summed E-state index contributed by atoms with van der Waals surface area (Å²) >= 11 is 0. The zero-order valence-electron chi connectivity index (χ0n) is 8.83. The molecule has 0 bridgehead atoms. The van der Waals surface area contributed by atoms with Crippen molar-refractivity contribution in [2.75, 3.05) is 5.32 Å². The van der Waals surface area contributed by atoms with Crippen LogP contribution in [0.3, 0.4) is 0 Å². The van der Waals surface area contributed by atoms with Crippen LogP contribution in [-0.4, -0.2) is 20.5 Å². The standard InChI is InChI=1S/C9H18N4/c1-5-6-13-8(7-10-12-13)11-9(2,3)4/h7,11H,5-6H2,1-4H3. The van der Waals surface area contributed by atoms with E-state index in [-0.39, 0.29) is 5.54 Å². The summed E-state index contributed by atoms with van der Waals surface area (Å²) in [5.74, 6) is 0.995. The van der Waals surface area contributed by atoms with Crippen molar-refractivity contribution >= 4 is 5.82 Å². The van der Waals surface area contributed by atoms with E-state index in [1.165, 1.54) is 0 Å². The lowest BCUT2D eigenvalue weighted by atomic mass is 10.1. The molecule has 0 saturated carbocycles. The molecule has 4 heteroatoms. The molecule has 0 spiro atoms. The van der Waals surface area contributed by atoms with Crippen molar-refractivity contribution in [2.45, 2.75) is 46.2 Å². The highest BCUT2D eigenvalue weighted by atomic mass is 15.5. The summed E-state index contributed by atoms with van der Waals surface area (Å²) in [5.41, 5.74) is 0.0627. The lowest BCUT2D eigenvalue weighted by molar-refractivity contribution is 0.561. The molecule has 0 aliphatic carbocycles. The van der Waals surface area contributed by atoms with Crippen molar-refractivity contribution in [2.24, 2.45) is 0 Å². The molecule has 0 radical (unpaired) electrons. The maximum absolute atomic E-state index is 3.99. The van der Waals surface area contributed by atoms with Crippen molar-refractivity contribution in [3.05, 3.63) is 6.20 Å². The van der Waals surface area contributed by atoms with Crippen LogP contribution >= 0.6 is 0 Å². The molecule has 4 nitrogen and oxygen atoms in total. The summed E-state index contributed by atoms with van der Waals surface area (Å²) < 4.78 is 1.89. The predicted octanol–water partition coefficient (Wildman–Crippen LogP) is 1.90. The summed E-state index contributed by atoms with van der Waals surface area (Å²) in [5, 5.41) is 11.2. The minimum absolute atomic E-state index is 0.0627. The predicted molar refractivity (Wildman–Crippen MR) is 53.7 cm³/mol. The number of rotatable bonds is 3. The fourth-order valence-electron chi connectivity index (χ4n) is 1.12. The van der Waals surface area contributed by atoms with E-state index in [0.717, 1.165) is 18.8 Å². The molecule has 0 unspecified atom stereocenters. The monoisotopic (exact) mass is 182 g/mol. The Kier molecular flexibility index (Phi) is 2.90. The Labute approximate surface area is 79.3 Å². The van der Waals surface area contributed by atoms with Gasteiger partial charge in [-0.05, 0) is 27.2 Å². The Morgan fingerprint density at radius 1 is 1.46 bits per heavy atom. The van der Waals surface area contributed by atoms with Crippen molar-refractivity contribution in [3.63, 3.8) is 0 Å². The molecule has 1 aromatic heterocycles. The third-order valence-corrected chi connectivity index (χ3v) is 1.56. The Bertz CT molecular complexity index is 259. The molecular weight excluding hydrogens is 164 g/mol. The van der Waals surface area contributed by atoms with Crippen LogP contribution in [0, 0.1) is 0 Å². The van der Waals surface area contributed by atoms with E-state index in [9.17, 15) is 0 Å². The molecule has 0 atom stereocenters. The first-order chi connectivity index (χ1) is 6.03. The second kappa shape index (κ2) is 3.77. The molecule has 74 valence electrons. The summed E-state index contributed by atoms with van der Waals surface area (Å²) in [6.07, 6.45) is 2.84. The van der Waals surface area contributed by atoms with Crippen molar-refractivity contribution in [3.8, 4) is 0 Å². The SMILES string of the molecule is CCCn1nncc1NC(C)(C)C. The highest BCUT2D eigenvalue weighted by molar-refractivity contribution is 5.33. The zero-order chi connectivity index (χ0) is 9.90. The molecule has 13 heavy (non-hydrogen) atoms. The average Bonchev–Trinajstić information content (AvgIpc) is 2.34. The van der Waals surface area contributed by atoms with E-state index < -0.39 is 0 Å². The quantitative estimate of drug-likeness (QED) is 0.776. The van der Waals surface area contributed by atoms with Crippen LogP contribution in [0.2, 0.25) is 0 Å². The second-order valence-electron chi connectivity index (χ2n) is 4.22. The molecule has 1 heterocycles. The molecule has 0 aromatic carbocycles. The number of nitrogens with one attached hydrogen (secondary N) is 1. The van der Waals surface area contributed by atoms with Crippen LogP contribution in [0.5, 0.6) is 0 Å². The maximum atomic E-state index is 3.99. The van der Waals surface area contributed by atoms with Gasteiger partial charge in [-0.1, -0.05) is 12.1 Å². The van der Waals surface area contributed by atoms with E-state index >= 15 is 0 Å². The lowest BCUT2D eigenvalue weighted by Crippen LogP contribution is -2.27. The number of anilines is 1. The largest absolute Gasteiger partial charge is 0.364 e. The van der Waals surface area contributed by atoms with Crippen molar-refractivity contribution in [1.29, 1.82) is 0 Å². The number of hydrogen-bond acceptors (Lipinski definition) is 3. The van der Waals surface area contributed by atoms with Gasteiger partial charge in [0, 0.05) is 12.1 Å². The Hall–Kier alpha value is -1.06. The Morgan fingerprint density at radius 3 is 2.69 bits per heavy atom. The fraction of sp³-hybridized carbons (Fsp3) is 0.778. The Morgan fingerprint density at radius 2 is 2.15 bits per heavy atom. The normalized spacial score (nSPS) is 11.7. The summed E-state index contributed by atoms with van der Waals surface area (Å²) in [4.78, 5) is 0. The summed E-state index contributed by atoms with van der Waals surface area (Å²) in [6.45, 7) is 9.41. The van der Waals surface area contributed by atoms with Crippen LogP contribution < -0.4 is 5.32 Å². The first-order valence-electron chi connectivity index (χ1n) is 4.69. The third-order valence-electron chi connectivity index (χ3n) is 1.56. The molecule has 0 fully saturated rings. The van der Waals surface area contributed by atoms with Crippen molar-refractivity contribution in [1.82, 2.24) is 15.0 Å². The van der Waals surface area contributed by atoms with Gasteiger partial charge in [0.25, 0.3) is 0 Å². The maximum Gasteiger partial charge on any atom is 0.145 e. The first-order valence-corrected chi connectivity index (χ1v) is 4.69. The highest BCUT2D eigenvalue weighted by Crippen LogP contribution is 2.12. The zero-order valence-corrected chi connectivity index (χ0v) is 8.83. The lowest BCUT2D eigenvalue weighted by Gasteiger charge is -2.21. The van der Waals surface area contributed by atoms with E-state index in [2.05, 4.69) is 43.3 Å². The minimum atomic E-state index is 0.0627. The number of aromatic nitrogens is 3. The third kappa shape index (κ3) is 3.05. The van der Waals surface area contributed by atoms with Gasteiger partial charge in [-0.25, -0.2) is 4.68 Å². The van der Waals surface area contributed by atoms with E-state index in [1.807, 2.05) is 4.68 Å². The van der Waals surface area contributed by atoms with Crippen LogP contribution in [-0.2, 0) is 6.54 Å². The molecule has 1 aromatic rings. The molecule has 0 aliphatic rings. The number of aryl methyl sites for hydroxylation is 1. The van der Waals surface area contributed by atoms with Crippen molar-refractivity contribution < 1.29 is 0 Å². The van der Waals surface area contributed by atoms with Gasteiger partial charge in [-0.2, -0.15) is 0 Å².